The van der Waals surface area contributed by atoms with Crippen LogP contribution in [0.5, 0.6) is 11.5 Å². The SMILES string of the molecule is C=CCOc1c(Br)cc([C@@H]2Nc3c(C#N)cccc3[C@@H]3[C@H]4CC[C@H](C4)[C@@H]32)cc1OC. The Balaban J connectivity index is 1.62. The Kier molecular flexibility index (Phi) is 4.99. The fourth-order valence-electron chi connectivity index (χ4n) is 6.14. The summed E-state index contributed by atoms with van der Waals surface area (Å²) in [5, 5.41) is 13.5. The van der Waals surface area contributed by atoms with Crippen LogP contribution in [0, 0.1) is 29.1 Å². The predicted octanol–water partition coefficient (Wildman–Crippen LogP) is 6.19. The highest BCUT2D eigenvalue weighted by Crippen LogP contribution is 2.64. The zero-order valence-corrected chi connectivity index (χ0v) is 18.6. The lowest BCUT2D eigenvalue weighted by Crippen LogP contribution is -2.35. The molecule has 3 aliphatic rings. The molecule has 5 atom stereocenters. The van der Waals surface area contributed by atoms with E-state index >= 15 is 0 Å². The van der Waals surface area contributed by atoms with Crippen LogP contribution in [0.2, 0.25) is 0 Å². The first kappa shape index (κ1) is 19.5. The highest BCUT2D eigenvalue weighted by molar-refractivity contribution is 9.10. The van der Waals surface area contributed by atoms with Crippen LogP contribution < -0.4 is 14.8 Å². The Morgan fingerprint density at radius 1 is 1.30 bits per heavy atom. The number of halogens is 1. The number of methoxy groups -OCH3 is 1. The Morgan fingerprint density at radius 3 is 2.90 bits per heavy atom. The normalized spacial score (nSPS) is 28.1. The molecule has 2 bridgehead atoms. The third-order valence-electron chi connectivity index (χ3n) is 7.20. The second kappa shape index (κ2) is 7.67. The van der Waals surface area contributed by atoms with Crippen LogP contribution in [0.25, 0.3) is 0 Å². The van der Waals surface area contributed by atoms with Crippen molar-refractivity contribution in [3.63, 3.8) is 0 Å². The second-order valence-corrected chi connectivity index (χ2v) is 9.43. The number of nitriles is 1. The van der Waals surface area contributed by atoms with Crippen molar-refractivity contribution < 1.29 is 9.47 Å². The lowest BCUT2D eigenvalue weighted by Gasteiger charge is -2.44. The average Bonchev–Trinajstić information content (AvgIpc) is 3.39. The average molecular weight is 465 g/mol. The molecule has 154 valence electrons. The van der Waals surface area contributed by atoms with Gasteiger partial charge in [0, 0.05) is 0 Å². The minimum absolute atomic E-state index is 0.144. The fourth-order valence-corrected chi connectivity index (χ4v) is 6.71. The molecular formula is C25H25BrN2O2. The van der Waals surface area contributed by atoms with Crippen molar-refractivity contribution in [2.45, 2.75) is 31.2 Å². The Bertz CT molecular complexity index is 1040. The van der Waals surface area contributed by atoms with Gasteiger partial charge in [-0.15, -0.1) is 0 Å². The lowest BCUT2D eigenvalue weighted by atomic mass is 9.67. The molecule has 5 rings (SSSR count). The van der Waals surface area contributed by atoms with Gasteiger partial charge in [-0.3, -0.25) is 0 Å². The monoisotopic (exact) mass is 464 g/mol. The quantitative estimate of drug-likeness (QED) is 0.535. The van der Waals surface area contributed by atoms with E-state index in [1.807, 2.05) is 12.1 Å². The zero-order chi connectivity index (χ0) is 20.8. The molecule has 0 spiro atoms. The van der Waals surface area contributed by atoms with Gasteiger partial charge in [-0.25, -0.2) is 0 Å². The van der Waals surface area contributed by atoms with Crippen LogP contribution in [-0.4, -0.2) is 13.7 Å². The molecule has 2 aromatic carbocycles. The third-order valence-corrected chi connectivity index (χ3v) is 7.79. The highest BCUT2D eigenvalue weighted by atomic mass is 79.9. The van der Waals surface area contributed by atoms with Gasteiger partial charge in [0.15, 0.2) is 11.5 Å². The number of hydrogen-bond donors (Lipinski definition) is 1. The fraction of sp³-hybridized carbons (Fsp3) is 0.400. The molecule has 1 aliphatic heterocycles. The molecule has 1 heterocycles. The van der Waals surface area contributed by atoms with Gasteiger partial charge in [0.2, 0.25) is 0 Å². The van der Waals surface area contributed by atoms with Crippen molar-refractivity contribution >= 4 is 21.6 Å². The Labute approximate surface area is 186 Å². The number of benzene rings is 2. The molecule has 2 aliphatic carbocycles. The molecule has 0 unspecified atom stereocenters. The smallest absolute Gasteiger partial charge is 0.175 e. The van der Waals surface area contributed by atoms with E-state index in [-0.39, 0.29) is 6.04 Å². The third kappa shape index (κ3) is 2.93. The minimum atomic E-state index is 0.144. The van der Waals surface area contributed by atoms with Gasteiger partial charge in [0.25, 0.3) is 0 Å². The maximum atomic E-state index is 9.73. The van der Waals surface area contributed by atoms with Gasteiger partial charge in [-0.05, 0) is 88.2 Å². The summed E-state index contributed by atoms with van der Waals surface area (Å²) in [5.41, 5.74) is 4.25. The van der Waals surface area contributed by atoms with E-state index < -0.39 is 0 Å². The second-order valence-electron chi connectivity index (χ2n) is 8.57. The van der Waals surface area contributed by atoms with E-state index in [4.69, 9.17) is 9.47 Å². The van der Waals surface area contributed by atoms with Crippen molar-refractivity contribution in [3.8, 4) is 17.6 Å². The van der Waals surface area contributed by atoms with E-state index in [0.29, 0.717) is 29.9 Å². The van der Waals surface area contributed by atoms with Gasteiger partial charge >= 0.3 is 0 Å². The number of para-hydroxylation sites is 1. The summed E-state index contributed by atoms with van der Waals surface area (Å²) in [6.45, 7) is 4.15. The maximum absolute atomic E-state index is 9.73. The summed E-state index contributed by atoms with van der Waals surface area (Å²) >= 11 is 3.69. The van der Waals surface area contributed by atoms with Crippen molar-refractivity contribution in [1.29, 1.82) is 5.26 Å². The summed E-state index contributed by atoms with van der Waals surface area (Å²) < 4.78 is 12.4. The largest absolute Gasteiger partial charge is 0.493 e. The molecule has 2 aromatic rings. The summed E-state index contributed by atoms with van der Waals surface area (Å²) in [6.07, 6.45) is 5.62. The molecule has 2 fully saturated rings. The maximum Gasteiger partial charge on any atom is 0.175 e. The molecule has 1 N–H and O–H groups in total. The van der Waals surface area contributed by atoms with E-state index in [0.717, 1.165) is 27.6 Å². The van der Waals surface area contributed by atoms with Crippen LogP contribution >= 0.6 is 15.9 Å². The van der Waals surface area contributed by atoms with Crippen molar-refractivity contribution in [3.05, 3.63) is 64.1 Å². The van der Waals surface area contributed by atoms with Crippen molar-refractivity contribution in [2.75, 3.05) is 19.0 Å². The van der Waals surface area contributed by atoms with Crippen LogP contribution in [-0.2, 0) is 0 Å². The van der Waals surface area contributed by atoms with Gasteiger partial charge in [-0.1, -0.05) is 24.8 Å². The molecule has 4 nitrogen and oxygen atoms in total. The van der Waals surface area contributed by atoms with Crippen LogP contribution in [0.3, 0.4) is 0 Å². The number of hydrogen-bond acceptors (Lipinski definition) is 4. The summed E-state index contributed by atoms with van der Waals surface area (Å²) in [5.74, 6) is 3.89. The van der Waals surface area contributed by atoms with Crippen LogP contribution in [0.15, 0.2) is 47.5 Å². The first-order valence-corrected chi connectivity index (χ1v) is 11.4. The van der Waals surface area contributed by atoms with Gasteiger partial charge < -0.3 is 14.8 Å². The standard InChI is InChI=1S/C25H25BrN2O2/c1-3-9-30-25-19(26)11-17(12-20(25)29-2)24-22-15-8-7-14(10-15)21(22)18-6-4-5-16(13-27)23(18)28-24/h3-6,11-12,14-15,21-22,24,28H,1,7-10H2,2H3/t14-,15+,21-,22-,24-/m0/s1. The lowest BCUT2D eigenvalue weighted by molar-refractivity contribution is 0.247. The predicted molar refractivity (Wildman–Crippen MR) is 121 cm³/mol. The van der Waals surface area contributed by atoms with Crippen molar-refractivity contribution in [1.82, 2.24) is 0 Å². The number of nitrogens with one attached hydrogen (secondary N) is 1. The summed E-state index contributed by atoms with van der Waals surface area (Å²) in [7, 11) is 1.67. The minimum Gasteiger partial charge on any atom is -0.493 e. The number of fused-ring (bicyclic) bond motifs is 7. The molecule has 0 radical (unpaired) electrons. The van der Waals surface area contributed by atoms with E-state index in [9.17, 15) is 5.26 Å². The zero-order valence-electron chi connectivity index (χ0n) is 17.0. The first-order valence-electron chi connectivity index (χ1n) is 10.6. The summed E-state index contributed by atoms with van der Waals surface area (Å²) in [4.78, 5) is 0. The van der Waals surface area contributed by atoms with E-state index in [1.54, 1.807) is 13.2 Å². The molecule has 30 heavy (non-hydrogen) atoms. The molecule has 0 amide bonds. The van der Waals surface area contributed by atoms with Crippen LogP contribution in [0.1, 0.15) is 47.9 Å². The number of anilines is 1. The van der Waals surface area contributed by atoms with Crippen LogP contribution in [0.4, 0.5) is 5.69 Å². The number of nitrogens with zero attached hydrogens (tertiary/aromatic N) is 1. The van der Waals surface area contributed by atoms with Gasteiger partial charge in [0.05, 0.1) is 28.9 Å². The number of rotatable bonds is 5. The molecule has 0 aromatic heterocycles. The topological polar surface area (TPSA) is 54.3 Å². The van der Waals surface area contributed by atoms with Gasteiger partial charge in [-0.2, -0.15) is 5.26 Å². The number of ether oxygens (including phenoxy) is 2. The van der Waals surface area contributed by atoms with E-state index in [2.05, 4.69) is 52.1 Å². The molecule has 2 saturated carbocycles. The highest BCUT2D eigenvalue weighted by Gasteiger charge is 2.54. The molecule has 0 saturated heterocycles. The first-order chi connectivity index (χ1) is 14.7. The molecular weight excluding hydrogens is 440 g/mol. The van der Waals surface area contributed by atoms with Crippen molar-refractivity contribution in [2.24, 2.45) is 17.8 Å². The van der Waals surface area contributed by atoms with Gasteiger partial charge in [0.1, 0.15) is 12.7 Å². The Hall–Kier alpha value is -2.45. The summed E-state index contributed by atoms with van der Waals surface area (Å²) in [6, 6.07) is 12.9. The molecule has 5 heteroatoms. The Morgan fingerprint density at radius 2 is 2.13 bits per heavy atom. The van der Waals surface area contributed by atoms with E-state index in [1.165, 1.54) is 30.4 Å².